The fourth-order valence-corrected chi connectivity index (χ4v) is 0. The Morgan fingerprint density at radius 2 is 1.21 bits per heavy atom. The van der Waals surface area contributed by atoms with Gasteiger partial charge in [0.05, 0.1) is 15.8 Å². The molecule has 0 aliphatic heterocycles. The van der Waals surface area contributed by atoms with E-state index in [1.54, 1.807) is 30.5 Å². The zero-order valence-corrected chi connectivity index (χ0v) is 32.6. The molecule has 1 N–H and O–H groups in total. The maximum Gasteiger partial charge on any atom is 0.114 e. The topological polar surface area (TPSA) is 29.5 Å². The Bertz CT molecular complexity index is 113. The molecule has 0 aromatic carbocycles. The number of aliphatic hydroxyl groups excluding tert-OH is 1. The van der Waals surface area contributed by atoms with Gasteiger partial charge in [-0.2, -0.15) is 12.6 Å². The smallest absolute Gasteiger partial charge is 0.114 e. The van der Waals surface area contributed by atoms with E-state index in [0.29, 0.717) is 0 Å². The van der Waals surface area contributed by atoms with Crippen LogP contribution in [0, 0.1) is 4.93 Å². The number of thioether (sulfide) groups is 1. The van der Waals surface area contributed by atoms with E-state index in [1.165, 1.54) is 8.70 Å². The van der Waals surface area contributed by atoms with Crippen molar-refractivity contribution >= 4 is 183 Å². The monoisotopic (exact) mass is 1210 g/mol. The minimum atomic E-state index is 0. The van der Waals surface area contributed by atoms with Crippen molar-refractivity contribution in [3.8, 4) is 0 Å². The molecule has 2 nitrogen and oxygen atoms in total. The van der Waals surface area contributed by atoms with Gasteiger partial charge in [0.1, 0.15) is -0.0619 Å². The molecule has 0 saturated carbocycles. The minimum Gasteiger partial charge on any atom is -0.505 e. The van der Waals surface area contributed by atoms with E-state index in [2.05, 4.69) is 171 Å². The Labute approximate surface area is 268 Å². The minimum absolute atomic E-state index is 0. The summed E-state index contributed by atoms with van der Waals surface area (Å²) < 4.78 is 6.24. The van der Waals surface area contributed by atoms with Gasteiger partial charge in [0, 0.05) is 25.7 Å². The van der Waals surface area contributed by atoms with E-state index < -0.39 is 0 Å². The van der Waals surface area contributed by atoms with Gasteiger partial charge in [0.2, 0.25) is 0 Å². The van der Waals surface area contributed by atoms with Crippen molar-refractivity contribution in [1.82, 2.24) is 0 Å². The predicted octanol–water partition coefficient (Wildman–Crippen LogP) is 9.07. The van der Waals surface area contributed by atoms with E-state index in [9.17, 15) is 0 Å². The molecule has 12 heteroatoms. The van der Waals surface area contributed by atoms with Gasteiger partial charge in [0.15, 0.2) is 0 Å². The van der Waals surface area contributed by atoms with E-state index in [0.717, 1.165) is 7.05 Å². The molecule has 24 heavy (non-hydrogen) atoms. The average molecular weight is 1210 g/mol. The molecule has 0 amide bonds. The van der Waals surface area contributed by atoms with Gasteiger partial charge in [0.25, 0.3) is 0 Å². The molecule has 0 atom stereocenters. The Kier molecular flexibility index (Phi) is 280. The van der Waals surface area contributed by atoms with Crippen LogP contribution in [0.25, 0.3) is 0 Å². The molecule has 155 valence electrons. The Morgan fingerprint density at radius 1 is 1.12 bits per heavy atom. The van der Waals surface area contributed by atoms with Crippen LogP contribution in [-0.4, -0.2) is 39.1 Å². The van der Waals surface area contributed by atoms with Crippen molar-refractivity contribution in [2.75, 3.05) is 34.1 Å². The second kappa shape index (κ2) is 118. The predicted molar refractivity (Wildman–Crippen MR) is 182 cm³/mol. The molecule has 0 unspecified atom stereocenters. The molecule has 0 rings (SSSR count). The first-order chi connectivity index (χ1) is 11.0. The quantitative estimate of drug-likeness (QED) is 0.0952. The van der Waals surface area contributed by atoms with Crippen LogP contribution in [0.5, 0.6) is 0 Å². The molecule has 0 aliphatic carbocycles. The van der Waals surface area contributed by atoms with Crippen LogP contribution in [0.1, 0.15) is 0 Å². The van der Waals surface area contributed by atoms with Crippen LogP contribution in [0.15, 0.2) is 24.8 Å². The number of methoxy groups -OCH3 is 1. The number of thiol groups is 1. The number of hydrogen-bond acceptors (Lipinski definition) is 4. The SMILES string of the molecule is C=COC.C=CSC.CI.CO.CS.IC(I)I.ICI.[CH2-]I.[V]. The van der Waals surface area contributed by atoms with Gasteiger partial charge in [-0.25, -0.2) is 0 Å². The summed E-state index contributed by atoms with van der Waals surface area (Å²) in [6, 6.07) is 0. The third-order valence-corrected chi connectivity index (χ3v) is 0.667. The molecule has 0 aromatic rings. The van der Waals surface area contributed by atoms with Crippen molar-refractivity contribution in [2.24, 2.45) is 0 Å². The van der Waals surface area contributed by atoms with Gasteiger partial charge >= 0.3 is 0 Å². The number of ether oxygens (including phenoxy) is 1. The largest absolute Gasteiger partial charge is 0.505 e. The number of aliphatic hydroxyl groups is 1. The molecular weight excluding hydrogens is 1180 g/mol. The second-order valence-corrected chi connectivity index (χ2v) is 17.3. The maximum absolute atomic E-state index is 7.00. The molecule has 0 spiro atoms. The molecule has 1 radical (unpaired) electrons. The summed E-state index contributed by atoms with van der Waals surface area (Å²) in [7, 11) is 2.56. The van der Waals surface area contributed by atoms with Gasteiger partial charge in [-0.15, -0.1) is 11.8 Å². The third-order valence-electron chi connectivity index (χ3n) is 0.333. The number of hydrogen-bond donors (Lipinski definition) is 2. The van der Waals surface area contributed by atoms with Crippen LogP contribution >= 0.6 is 183 Å². The molecule has 0 aliphatic rings. The summed E-state index contributed by atoms with van der Waals surface area (Å²) >= 11 is 20.7. The zero-order valence-electron chi connectivity index (χ0n) is 14.4. The fraction of sp³-hybridized carbons (Fsp3) is 0.583. The molecule has 0 aromatic heterocycles. The number of halogens is 7. The standard InChI is InChI=1S/C3H6O.C3H6S.CHI3.CH2I2.CH3I.CH2I.CH4O.CH4S.V/c2*1-3-4-2;2-1(3)4;2-1-3;4*1-2;/h2*3H,1H2,2H3;1H;1H2;1H3;1H2;2*2H,1H3;/q;;;;;-1;;;. The first-order valence-electron chi connectivity index (χ1n) is 4.83. The van der Waals surface area contributed by atoms with E-state index >= 15 is 0 Å². The summed E-state index contributed by atoms with van der Waals surface area (Å²) in [5.41, 5.74) is 0. The second-order valence-electron chi connectivity index (χ2n) is 1.15. The number of rotatable bonds is 2. The zero-order chi connectivity index (χ0) is 21.1. The molecule has 0 heterocycles. The molecule has 0 fully saturated rings. The van der Waals surface area contributed by atoms with Crippen LogP contribution in [0.2, 0.25) is 0 Å². The summed E-state index contributed by atoms with van der Waals surface area (Å²) in [5.74, 6) is 0. The van der Waals surface area contributed by atoms with E-state index in [-0.39, 0.29) is 18.6 Å². The van der Waals surface area contributed by atoms with Gasteiger partial charge in [-0.3, -0.25) is 4.93 Å². The molecular formula is C12H28I7O2S2V-. The van der Waals surface area contributed by atoms with Crippen LogP contribution in [-0.2, 0) is 23.3 Å². The van der Waals surface area contributed by atoms with Gasteiger partial charge < -0.3 is 32.4 Å². The van der Waals surface area contributed by atoms with Crippen molar-refractivity contribution in [2.45, 2.75) is -0.0619 Å². The Balaban J connectivity index is -0.0000000156. The fourth-order valence-electron chi connectivity index (χ4n) is 0. The van der Waals surface area contributed by atoms with Crippen molar-refractivity contribution in [1.29, 1.82) is 0 Å². The average Bonchev–Trinajstić information content (AvgIpc) is 2.62. The number of alkyl halides is 6. The first-order valence-corrected chi connectivity index (χ1v) is 17.5. The summed E-state index contributed by atoms with van der Waals surface area (Å²) in [6.45, 7) is 6.70. The van der Waals surface area contributed by atoms with Gasteiger partial charge in [-0.05, 0) is 22.9 Å². The van der Waals surface area contributed by atoms with Crippen molar-refractivity contribution < 1.29 is 28.4 Å². The first kappa shape index (κ1) is 57.1. The van der Waals surface area contributed by atoms with E-state index in [4.69, 9.17) is 5.11 Å². The molecule has 0 saturated heterocycles. The van der Waals surface area contributed by atoms with E-state index in [1.807, 2.05) is 33.8 Å². The van der Waals surface area contributed by atoms with Gasteiger partial charge in [-0.1, -0.05) is 149 Å². The van der Waals surface area contributed by atoms with Crippen LogP contribution in [0.3, 0.4) is 0 Å². The summed E-state index contributed by atoms with van der Waals surface area (Å²) in [5, 5.41) is 8.79. The maximum atomic E-state index is 7.00. The summed E-state index contributed by atoms with van der Waals surface area (Å²) in [4.78, 5) is 5.19. The third kappa shape index (κ3) is 336. The van der Waals surface area contributed by atoms with Crippen molar-refractivity contribution in [3.63, 3.8) is 0 Å². The summed E-state index contributed by atoms with van der Waals surface area (Å²) in [6.07, 6.45) is 5.05. The van der Waals surface area contributed by atoms with Crippen LogP contribution < -0.4 is 0 Å². The molecule has 0 bridgehead atoms. The van der Waals surface area contributed by atoms with Crippen molar-refractivity contribution in [3.05, 3.63) is 29.8 Å². The van der Waals surface area contributed by atoms with Crippen LogP contribution in [0.4, 0.5) is 0 Å². The Hall–Kier alpha value is 5.63. The Morgan fingerprint density at radius 3 is 1.21 bits per heavy atom. The normalized spacial score (nSPS) is 5.17.